The second-order valence-electron chi connectivity index (χ2n) is 4.46. The summed E-state index contributed by atoms with van der Waals surface area (Å²) in [7, 11) is 1.77. The molecule has 0 saturated heterocycles. The summed E-state index contributed by atoms with van der Waals surface area (Å²) < 4.78 is 2.38. The third kappa shape index (κ3) is 2.66. The number of hydrogen-bond acceptors (Lipinski definition) is 3. The quantitative estimate of drug-likeness (QED) is 0.808. The number of nitrogens with zero attached hydrogens (tertiary/aromatic N) is 3. The summed E-state index contributed by atoms with van der Waals surface area (Å²) in [5.41, 5.74) is 1.94. The lowest BCUT2D eigenvalue weighted by Crippen LogP contribution is -2.13. The number of benzene rings is 1. The van der Waals surface area contributed by atoms with E-state index in [1.54, 1.807) is 24.0 Å². The van der Waals surface area contributed by atoms with Crippen molar-refractivity contribution >= 4 is 21.7 Å². The van der Waals surface area contributed by atoms with Crippen molar-refractivity contribution in [2.24, 2.45) is 7.05 Å². The van der Waals surface area contributed by atoms with Gasteiger partial charge in [-0.15, -0.1) is 0 Å². The van der Waals surface area contributed by atoms with E-state index in [0.717, 1.165) is 10.2 Å². The van der Waals surface area contributed by atoms with Crippen LogP contribution in [0.3, 0.4) is 0 Å². The molecule has 0 spiro atoms. The number of hydrogen-bond donors (Lipinski definition) is 0. The SMILES string of the molecule is CCc1nn(C)cc1C(=O)C(C#N)c1ccccc1Br. The Labute approximate surface area is 126 Å². The predicted molar refractivity (Wildman–Crippen MR) is 79.4 cm³/mol. The van der Waals surface area contributed by atoms with Crippen molar-refractivity contribution in [3.05, 3.63) is 51.8 Å². The van der Waals surface area contributed by atoms with Gasteiger partial charge in [-0.25, -0.2) is 0 Å². The van der Waals surface area contributed by atoms with E-state index in [4.69, 9.17) is 0 Å². The van der Waals surface area contributed by atoms with E-state index < -0.39 is 5.92 Å². The van der Waals surface area contributed by atoms with Gasteiger partial charge in [-0.2, -0.15) is 10.4 Å². The fourth-order valence-electron chi connectivity index (χ4n) is 2.14. The minimum Gasteiger partial charge on any atom is -0.292 e. The van der Waals surface area contributed by atoms with Crippen molar-refractivity contribution < 1.29 is 4.79 Å². The van der Waals surface area contributed by atoms with Crippen LogP contribution in [0.4, 0.5) is 0 Å². The van der Waals surface area contributed by atoms with Crippen LogP contribution >= 0.6 is 15.9 Å². The van der Waals surface area contributed by atoms with E-state index in [1.165, 1.54) is 0 Å². The Morgan fingerprint density at radius 2 is 2.20 bits per heavy atom. The van der Waals surface area contributed by atoms with E-state index in [1.807, 2.05) is 25.1 Å². The smallest absolute Gasteiger partial charge is 0.187 e. The van der Waals surface area contributed by atoms with Crippen molar-refractivity contribution in [1.29, 1.82) is 5.26 Å². The van der Waals surface area contributed by atoms with Gasteiger partial charge >= 0.3 is 0 Å². The van der Waals surface area contributed by atoms with Gasteiger partial charge in [0.1, 0.15) is 5.92 Å². The second-order valence-corrected chi connectivity index (χ2v) is 5.32. The van der Waals surface area contributed by atoms with Gasteiger partial charge in [-0.3, -0.25) is 9.48 Å². The molecule has 0 aliphatic carbocycles. The fourth-order valence-corrected chi connectivity index (χ4v) is 2.65. The van der Waals surface area contributed by atoms with Crippen LogP contribution in [0.2, 0.25) is 0 Å². The van der Waals surface area contributed by atoms with Crippen LogP contribution in [0, 0.1) is 11.3 Å². The normalized spacial score (nSPS) is 11.9. The van der Waals surface area contributed by atoms with Crippen LogP contribution in [0.1, 0.15) is 34.5 Å². The van der Waals surface area contributed by atoms with Gasteiger partial charge in [-0.05, 0) is 18.1 Å². The van der Waals surface area contributed by atoms with E-state index in [0.29, 0.717) is 17.5 Å². The summed E-state index contributed by atoms with van der Waals surface area (Å²) in [6, 6.07) is 9.40. The number of aromatic nitrogens is 2. The predicted octanol–water partition coefficient (Wildman–Crippen LogP) is 3.24. The summed E-state index contributed by atoms with van der Waals surface area (Å²) in [5, 5.41) is 13.6. The molecule has 4 nitrogen and oxygen atoms in total. The minimum absolute atomic E-state index is 0.204. The van der Waals surface area contributed by atoms with Crippen molar-refractivity contribution in [3.63, 3.8) is 0 Å². The number of carbonyl (C=O) groups is 1. The number of rotatable bonds is 4. The first-order valence-electron chi connectivity index (χ1n) is 6.29. The maximum Gasteiger partial charge on any atom is 0.187 e. The molecule has 20 heavy (non-hydrogen) atoms. The molecule has 0 aliphatic heterocycles. The van der Waals surface area contributed by atoms with Crippen molar-refractivity contribution in [3.8, 4) is 6.07 Å². The summed E-state index contributed by atoms with van der Waals surface area (Å²) in [5.74, 6) is -1.02. The average molecular weight is 332 g/mol. The maximum absolute atomic E-state index is 12.6. The molecule has 1 atom stereocenters. The molecule has 1 aromatic carbocycles. The Kier molecular flexibility index (Phi) is 4.35. The van der Waals surface area contributed by atoms with Gasteiger partial charge in [0.05, 0.1) is 17.3 Å². The fraction of sp³-hybridized carbons (Fsp3) is 0.267. The largest absolute Gasteiger partial charge is 0.292 e. The van der Waals surface area contributed by atoms with Gasteiger partial charge in [-0.1, -0.05) is 41.1 Å². The van der Waals surface area contributed by atoms with E-state index in [9.17, 15) is 10.1 Å². The third-order valence-corrected chi connectivity index (χ3v) is 3.84. The van der Waals surface area contributed by atoms with Crippen molar-refractivity contribution in [2.75, 3.05) is 0 Å². The molecule has 1 unspecified atom stereocenters. The van der Waals surface area contributed by atoms with Gasteiger partial charge in [0.15, 0.2) is 5.78 Å². The molecule has 102 valence electrons. The Morgan fingerprint density at radius 3 is 2.80 bits per heavy atom. The van der Waals surface area contributed by atoms with Crippen LogP contribution in [-0.2, 0) is 13.5 Å². The molecular weight excluding hydrogens is 318 g/mol. The zero-order valence-electron chi connectivity index (χ0n) is 11.3. The van der Waals surface area contributed by atoms with Gasteiger partial charge in [0.2, 0.25) is 0 Å². The highest BCUT2D eigenvalue weighted by Crippen LogP contribution is 2.28. The lowest BCUT2D eigenvalue weighted by atomic mass is 9.92. The summed E-state index contributed by atoms with van der Waals surface area (Å²) >= 11 is 3.40. The standard InChI is InChI=1S/C15H14BrN3O/c1-3-14-12(9-19(2)18-14)15(20)11(8-17)10-6-4-5-7-13(10)16/h4-7,9,11H,3H2,1-2H3. The van der Waals surface area contributed by atoms with E-state index >= 15 is 0 Å². The Bertz CT molecular complexity index is 685. The number of carbonyl (C=O) groups excluding carboxylic acids is 1. The molecule has 0 saturated carbocycles. The minimum atomic E-state index is -0.819. The van der Waals surface area contributed by atoms with Crippen LogP contribution < -0.4 is 0 Å². The molecule has 0 N–H and O–H groups in total. The molecule has 0 amide bonds. The lowest BCUT2D eigenvalue weighted by Gasteiger charge is -2.10. The van der Waals surface area contributed by atoms with E-state index in [2.05, 4.69) is 27.1 Å². The first-order valence-corrected chi connectivity index (χ1v) is 7.08. The summed E-state index contributed by atoms with van der Waals surface area (Å²) in [6.07, 6.45) is 2.35. The molecule has 5 heteroatoms. The molecule has 1 aromatic heterocycles. The van der Waals surface area contributed by atoms with Gasteiger partial charge in [0.25, 0.3) is 0 Å². The number of nitriles is 1. The molecule has 2 rings (SSSR count). The summed E-state index contributed by atoms with van der Waals surface area (Å²) in [6.45, 7) is 1.94. The molecule has 0 aliphatic rings. The molecule has 2 aromatic rings. The molecule has 1 heterocycles. The first-order chi connectivity index (χ1) is 9.58. The second kappa shape index (κ2) is 6.02. The zero-order chi connectivity index (χ0) is 14.7. The number of ketones is 1. The van der Waals surface area contributed by atoms with Crippen LogP contribution in [0.15, 0.2) is 34.9 Å². The molecular formula is C15H14BrN3O. The lowest BCUT2D eigenvalue weighted by molar-refractivity contribution is 0.0977. The highest BCUT2D eigenvalue weighted by Gasteiger charge is 2.26. The molecule has 0 radical (unpaired) electrons. The first kappa shape index (κ1) is 14.5. The van der Waals surface area contributed by atoms with Crippen molar-refractivity contribution in [1.82, 2.24) is 9.78 Å². The van der Waals surface area contributed by atoms with Gasteiger partial charge in [0, 0.05) is 17.7 Å². The van der Waals surface area contributed by atoms with E-state index in [-0.39, 0.29) is 5.78 Å². The topological polar surface area (TPSA) is 58.7 Å². The highest BCUT2D eigenvalue weighted by molar-refractivity contribution is 9.10. The van der Waals surface area contributed by atoms with Crippen LogP contribution in [-0.4, -0.2) is 15.6 Å². The van der Waals surface area contributed by atoms with Crippen LogP contribution in [0.5, 0.6) is 0 Å². The molecule has 0 bridgehead atoms. The Balaban J connectivity index is 2.45. The average Bonchev–Trinajstić information content (AvgIpc) is 2.82. The van der Waals surface area contributed by atoms with Crippen molar-refractivity contribution in [2.45, 2.75) is 19.3 Å². The summed E-state index contributed by atoms with van der Waals surface area (Å²) in [4.78, 5) is 12.6. The highest BCUT2D eigenvalue weighted by atomic mass is 79.9. The number of halogens is 1. The molecule has 0 fully saturated rings. The van der Waals surface area contributed by atoms with Crippen LogP contribution in [0.25, 0.3) is 0 Å². The zero-order valence-corrected chi connectivity index (χ0v) is 12.9. The number of aryl methyl sites for hydroxylation is 2. The Morgan fingerprint density at radius 1 is 1.50 bits per heavy atom. The monoisotopic (exact) mass is 331 g/mol. The van der Waals surface area contributed by atoms with Gasteiger partial charge < -0.3 is 0 Å². The third-order valence-electron chi connectivity index (χ3n) is 3.11. The maximum atomic E-state index is 12.6. The number of Topliss-reactive ketones (excluding diaryl/α,β-unsaturated/α-hetero) is 1. The Hall–Kier alpha value is -1.93.